The summed E-state index contributed by atoms with van der Waals surface area (Å²) < 4.78 is 0. The number of rotatable bonds is 7. The van der Waals surface area contributed by atoms with E-state index < -0.39 is 0 Å². The fourth-order valence-corrected chi connectivity index (χ4v) is 2.22. The molecule has 1 aromatic rings. The molecule has 0 fully saturated rings. The van der Waals surface area contributed by atoms with Crippen molar-refractivity contribution in [3.8, 4) is 0 Å². The molecule has 0 bridgehead atoms. The predicted octanol–water partition coefficient (Wildman–Crippen LogP) is 2.40. The number of aliphatic hydroxyl groups is 1. The van der Waals surface area contributed by atoms with Gasteiger partial charge in [-0.2, -0.15) is 0 Å². The van der Waals surface area contributed by atoms with Crippen LogP contribution in [0.5, 0.6) is 0 Å². The number of thioether (sulfide) groups is 1. The molecule has 0 spiro atoms. The number of aliphatic hydroxyl groups excluding tert-OH is 1. The first-order chi connectivity index (χ1) is 7.36. The highest BCUT2D eigenvalue weighted by atomic mass is 32.2. The zero-order valence-corrected chi connectivity index (χ0v) is 9.80. The third kappa shape index (κ3) is 5.21. The average molecular weight is 225 g/mol. The molecule has 0 saturated carbocycles. The molecule has 0 heterocycles. The molecular formula is C12H19NOS. The molecule has 0 unspecified atom stereocenters. The Balaban J connectivity index is 2.20. The molecule has 3 heteroatoms. The highest BCUT2D eigenvalue weighted by Crippen LogP contribution is 2.19. The quantitative estimate of drug-likeness (QED) is 0.553. The van der Waals surface area contributed by atoms with E-state index in [1.54, 1.807) is 0 Å². The molecule has 0 saturated heterocycles. The molecule has 3 N–H and O–H groups in total. The number of hydrogen-bond donors (Lipinski definition) is 2. The van der Waals surface area contributed by atoms with E-state index >= 15 is 0 Å². The average Bonchev–Trinajstić information content (AvgIpc) is 2.30. The van der Waals surface area contributed by atoms with Gasteiger partial charge < -0.3 is 10.8 Å². The standard InChI is InChI=1S/C12H19NOS/c13-10-11-4-6-12(7-5-11)15-9-3-1-2-8-14/h4-7,14H,1-3,8-10,13H2. The van der Waals surface area contributed by atoms with E-state index in [-0.39, 0.29) is 0 Å². The third-order valence-electron chi connectivity index (χ3n) is 2.23. The Labute approximate surface area is 95.9 Å². The number of unbranched alkanes of at least 4 members (excludes halogenated alkanes) is 2. The summed E-state index contributed by atoms with van der Waals surface area (Å²) in [6.07, 6.45) is 3.21. The molecule has 2 nitrogen and oxygen atoms in total. The lowest BCUT2D eigenvalue weighted by Crippen LogP contribution is -1.95. The Morgan fingerprint density at radius 1 is 1.07 bits per heavy atom. The van der Waals surface area contributed by atoms with Crippen LogP contribution >= 0.6 is 11.8 Å². The Morgan fingerprint density at radius 2 is 1.80 bits per heavy atom. The van der Waals surface area contributed by atoms with Gasteiger partial charge in [0.15, 0.2) is 0 Å². The molecule has 84 valence electrons. The van der Waals surface area contributed by atoms with Crippen molar-refractivity contribution in [2.75, 3.05) is 12.4 Å². The maximum absolute atomic E-state index is 8.62. The lowest BCUT2D eigenvalue weighted by Gasteiger charge is -2.02. The van der Waals surface area contributed by atoms with Gasteiger partial charge in [-0.25, -0.2) is 0 Å². The van der Waals surface area contributed by atoms with Gasteiger partial charge in [-0.05, 0) is 36.3 Å². The minimum absolute atomic E-state index is 0.315. The molecular weight excluding hydrogens is 206 g/mol. The first-order valence-corrected chi connectivity index (χ1v) is 6.38. The molecule has 1 aromatic carbocycles. The fourth-order valence-electron chi connectivity index (χ4n) is 1.30. The summed E-state index contributed by atoms with van der Waals surface area (Å²) in [5.41, 5.74) is 6.70. The van der Waals surface area contributed by atoms with Crippen LogP contribution in [0.4, 0.5) is 0 Å². The largest absolute Gasteiger partial charge is 0.396 e. The van der Waals surface area contributed by atoms with Crippen molar-refractivity contribution in [2.24, 2.45) is 5.73 Å². The Morgan fingerprint density at radius 3 is 2.40 bits per heavy atom. The van der Waals surface area contributed by atoms with Crippen molar-refractivity contribution < 1.29 is 5.11 Å². The van der Waals surface area contributed by atoms with Crippen LogP contribution in [0.3, 0.4) is 0 Å². The van der Waals surface area contributed by atoms with Crippen molar-refractivity contribution in [3.05, 3.63) is 29.8 Å². The van der Waals surface area contributed by atoms with Crippen LogP contribution < -0.4 is 5.73 Å². The summed E-state index contributed by atoms with van der Waals surface area (Å²) in [6.45, 7) is 0.928. The molecule has 15 heavy (non-hydrogen) atoms. The molecule has 0 aliphatic carbocycles. The SMILES string of the molecule is NCc1ccc(SCCCCCO)cc1. The van der Waals surface area contributed by atoms with Crippen LogP contribution in [0.25, 0.3) is 0 Å². The van der Waals surface area contributed by atoms with Gasteiger partial charge in [0.1, 0.15) is 0 Å². The van der Waals surface area contributed by atoms with Crippen LogP contribution in [0.1, 0.15) is 24.8 Å². The highest BCUT2D eigenvalue weighted by Gasteiger charge is 1.94. The zero-order valence-electron chi connectivity index (χ0n) is 8.98. The zero-order chi connectivity index (χ0) is 10.9. The van der Waals surface area contributed by atoms with Gasteiger partial charge in [-0.15, -0.1) is 11.8 Å². The van der Waals surface area contributed by atoms with Crippen LogP contribution in [0, 0.1) is 0 Å². The molecule has 0 radical (unpaired) electrons. The van der Waals surface area contributed by atoms with Gasteiger partial charge >= 0.3 is 0 Å². The van der Waals surface area contributed by atoms with Gasteiger partial charge in [0.2, 0.25) is 0 Å². The maximum atomic E-state index is 8.62. The van der Waals surface area contributed by atoms with Crippen LogP contribution in [0.2, 0.25) is 0 Å². The van der Waals surface area contributed by atoms with Crippen LogP contribution in [-0.4, -0.2) is 17.5 Å². The number of nitrogens with two attached hydrogens (primary N) is 1. The third-order valence-corrected chi connectivity index (χ3v) is 3.33. The smallest absolute Gasteiger partial charge is 0.0431 e. The van der Waals surface area contributed by atoms with Crippen molar-refractivity contribution in [1.82, 2.24) is 0 Å². The maximum Gasteiger partial charge on any atom is 0.0431 e. The molecule has 0 amide bonds. The summed E-state index contributed by atoms with van der Waals surface area (Å²) in [5.74, 6) is 1.13. The van der Waals surface area contributed by atoms with Crippen molar-refractivity contribution in [2.45, 2.75) is 30.7 Å². The molecule has 0 aromatic heterocycles. The van der Waals surface area contributed by atoms with E-state index in [1.165, 1.54) is 16.9 Å². The Hall–Kier alpha value is -0.510. The summed E-state index contributed by atoms with van der Waals surface area (Å²) in [5, 5.41) is 8.62. The second kappa shape index (κ2) is 7.74. The highest BCUT2D eigenvalue weighted by molar-refractivity contribution is 7.99. The summed E-state index contributed by atoms with van der Waals surface area (Å²) in [7, 11) is 0. The van der Waals surface area contributed by atoms with Gasteiger partial charge in [-0.1, -0.05) is 18.6 Å². The second-order valence-electron chi connectivity index (χ2n) is 3.48. The van der Waals surface area contributed by atoms with E-state index in [0.717, 1.165) is 18.6 Å². The minimum Gasteiger partial charge on any atom is -0.396 e. The first kappa shape index (κ1) is 12.6. The number of benzene rings is 1. The van der Waals surface area contributed by atoms with E-state index in [2.05, 4.69) is 24.3 Å². The van der Waals surface area contributed by atoms with E-state index in [9.17, 15) is 0 Å². The lowest BCUT2D eigenvalue weighted by atomic mass is 10.2. The van der Waals surface area contributed by atoms with E-state index in [4.69, 9.17) is 10.8 Å². The predicted molar refractivity (Wildman–Crippen MR) is 66.0 cm³/mol. The molecule has 0 aliphatic rings. The molecule has 0 atom stereocenters. The van der Waals surface area contributed by atoms with Gasteiger partial charge in [-0.3, -0.25) is 0 Å². The normalized spacial score (nSPS) is 10.5. The van der Waals surface area contributed by atoms with Gasteiger partial charge in [0.05, 0.1) is 0 Å². The second-order valence-corrected chi connectivity index (χ2v) is 4.65. The Kier molecular flexibility index (Phi) is 6.48. The lowest BCUT2D eigenvalue weighted by molar-refractivity contribution is 0.284. The monoisotopic (exact) mass is 225 g/mol. The first-order valence-electron chi connectivity index (χ1n) is 5.39. The number of hydrogen-bond acceptors (Lipinski definition) is 3. The van der Waals surface area contributed by atoms with Crippen LogP contribution in [0.15, 0.2) is 29.2 Å². The fraction of sp³-hybridized carbons (Fsp3) is 0.500. The van der Waals surface area contributed by atoms with Crippen molar-refractivity contribution in [3.63, 3.8) is 0 Å². The van der Waals surface area contributed by atoms with Crippen molar-refractivity contribution >= 4 is 11.8 Å². The van der Waals surface area contributed by atoms with Crippen LogP contribution in [-0.2, 0) is 6.54 Å². The summed E-state index contributed by atoms with van der Waals surface area (Å²) >= 11 is 1.87. The molecule has 0 aliphatic heterocycles. The van der Waals surface area contributed by atoms with E-state index in [0.29, 0.717) is 13.2 Å². The van der Waals surface area contributed by atoms with Crippen molar-refractivity contribution in [1.29, 1.82) is 0 Å². The van der Waals surface area contributed by atoms with Gasteiger partial charge in [0, 0.05) is 18.0 Å². The van der Waals surface area contributed by atoms with Gasteiger partial charge in [0.25, 0.3) is 0 Å². The minimum atomic E-state index is 0.315. The summed E-state index contributed by atoms with van der Waals surface area (Å²) in [4.78, 5) is 1.30. The summed E-state index contributed by atoms with van der Waals surface area (Å²) in [6, 6.07) is 8.41. The topological polar surface area (TPSA) is 46.2 Å². The Bertz CT molecular complexity index is 261. The van der Waals surface area contributed by atoms with E-state index in [1.807, 2.05) is 11.8 Å². The molecule has 1 rings (SSSR count).